The van der Waals surface area contributed by atoms with Crippen molar-refractivity contribution in [3.63, 3.8) is 0 Å². The lowest BCUT2D eigenvalue weighted by molar-refractivity contribution is -0.140. The van der Waals surface area contributed by atoms with Crippen molar-refractivity contribution in [2.24, 2.45) is 0 Å². The standard InChI is InChI=1S/C26H31ClN2O6/c1-6-35-19-12-11-16(15-18(19)27)23(30)21-22(17-9-7-10-20(33-4)25(17)34-5)29(26(32)24(21)31)14-8-13-28(2)3/h7,9-12,15,22,30H,6,8,13-14H2,1-5H3/b23-21-. The van der Waals surface area contributed by atoms with E-state index in [2.05, 4.69) is 0 Å². The molecule has 2 aromatic carbocycles. The number of amides is 1. The molecule has 0 spiro atoms. The maximum absolute atomic E-state index is 13.3. The van der Waals surface area contributed by atoms with Gasteiger partial charge in [-0.1, -0.05) is 23.7 Å². The second-order valence-corrected chi connectivity index (χ2v) is 8.72. The van der Waals surface area contributed by atoms with Gasteiger partial charge in [-0.05, 0) is 58.3 Å². The average Bonchev–Trinajstić information content (AvgIpc) is 3.09. The van der Waals surface area contributed by atoms with Crippen LogP contribution < -0.4 is 14.2 Å². The number of methoxy groups -OCH3 is 2. The Morgan fingerprint density at radius 1 is 1.11 bits per heavy atom. The van der Waals surface area contributed by atoms with E-state index in [1.54, 1.807) is 30.3 Å². The minimum atomic E-state index is -0.868. The number of nitrogens with zero attached hydrogens (tertiary/aromatic N) is 2. The topological polar surface area (TPSA) is 88.5 Å². The van der Waals surface area contributed by atoms with Crippen molar-refractivity contribution in [3.05, 3.63) is 58.1 Å². The molecule has 1 atom stereocenters. The van der Waals surface area contributed by atoms with Crippen molar-refractivity contribution in [2.45, 2.75) is 19.4 Å². The van der Waals surface area contributed by atoms with Crippen LogP contribution in [0.4, 0.5) is 0 Å². The third-order valence-corrected chi connectivity index (χ3v) is 6.07. The normalized spacial score (nSPS) is 17.2. The van der Waals surface area contributed by atoms with Crippen LogP contribution in [0.2, 0.25) is 5.02 Å². The highest BCUT2D eigenvalue weighted by Gasteiger charge is 2.47. The second kappa shape index (κ2) is 11.5. The maximum atomic E-state index is 13.3. The van der Waals surface area contributed by atoms with Crippen LogP contribution in [0.15, 0.2) is 42.0 Å². The van der Waals surface area contributed by atoms with E-state index in [0.29, 0.717) is 47.9 Å². The van der Waals surface area contributed by atoms with Gasteiger partial charge in [-0.15, -0.1) is 0 Å². The number of para-hydroxylation sites is 1. The number of hydrogen-bond acceptors (Lipinski definition) is 7. The van der Waals surface area contributed by atoms with Crippen molar-refractivity contribution in [2.75, 3.05) is 48.0 Å². The lowest BCUT2D eigenvalue weighted by Crippen LogP contribution is -2.32. The molecule has 188 valence electrons. The van der Waals surface area contributed by atoms with Crippen molar-refractivity contribution in [1.29, 1.82) is 0 Å². The molecule has 1 aliphatic heterocycles. The third-order valence-electron chi connectivity index (χ3n) is 5.78. The number of Topliss-reactive ketones (excluding diaryl/α,β-unsaturated/α-hetero) is 1. The molecular formula is C26H31ClN2O6. The summed E-state index contributed by atoms with van der Waals surface area (Å²) in [5, 5.41) is 11.6. The molecule has 1 saturated heterocycles. The van der Waals surface area contributed by atoms with Crippen molar-refractivity contribution < 1.29 is 28.9 Å². The number of hydrogen-bond donors (Lipinski definition) is 1. The molecular weight excluding hydrogens is 472 g/mol. The van der Waals surface area contributed by atoms with E-state index in [-0.39, 0.29) is 16.4 Å². The molecule has 0 radical (unpaired) electrons. The van der Waals surface area contributed by atoms with E-state index in [9.17, 15) is 14.7 Å². The molecule has 1 amide bonds. The summed E-state index contributed by atoms with van der Waals surface area (Å²) in [5.74, 6) is -0.480. The van der Waals surface area contributed by atoms with E-state index >= 15 is 0 Å². The number of halogens is 1. The van der Waals surface area contributed by atoms with Crippen LogP contribution in [0.3, 0.4) is 0 Å². The summed E-state index contributed by atoms with van der Waals surface area (Å²) in [6.07, 6.45) is 0.637. The molecule has 1 fully saturated rings. The van der Waals surface area contributed by atoms with Gasteiger partial charge in [0, 0.05) is 17.7 Å². The molecule has 2 aromatic rings. The fourth-order valence-electron chi connectivity index (χ4n) is 4.19. The number of ether oxygens (including phenoxy) is 3. The largest absolute Gasteiger partial charge is 0.507 e. The zero-order valence-electron chi connectivity index (χ0n) is 20.6. The first-order valence-corrected chi connectivity index (χ1v) is 11.7. The lowest BCUT2D eigenvalue weighted by atomic mass is 9.94. The molecule has 8 nitrogen and oxygen atoms in total. The van der Waals surface area contributed by atoms with E-state index < -0.39 is 17.7 Å². The predicted molar refractivity (Wildman–Crippen MR) is 134 cm³/mol. The highest BCUT2D eigenvalue weighted by molar-refractivity contribution is 6.46. The van der Waals surface area contributed by atoms with Gasteiger partial charge in [0.1, 0.15) is 11.5 Å². The van der Waals surface area contributed by atoms with Crippen molar-refractivity contribution >= 4 is 29.1 Å². The molecule has 35 heavy (non-hydrogen) atoms. The van der Waals surface area contributed by atoms with E-state index in [1.165, 1.54) is 25.2 Å². The Labute approximate surface area is 210 Å². The SMILES string of the molecule is CCOc1ccc(/C(O)=C2/C(=O)C(=O)N(CCCN(C)C)C2c2cccc(OC)c2OC)cc1Cl. The minimum Gasteiger partial charge on any atom is -0.507 e. The van der Waals surface area contributed by atoms with Crippen LogP contribution in [0.5, 0.6) is 17.2 Å². The molecule has 0 aliphatic carbocycles. The highest BCUT2D eigenvalue weighted by Crippen LogP contribution is 2.45. The Hall–Kier alpha value is -3.23. The zero-order chi connectivity index (χ0) is 25.7. The third kappa shape index (κ3) is 5.39. The Kier molecular flexibility index (Phi) is 8.64. The van der Waals surface area contributed by atoms with Crippen LogP contribution in [0, 0.1) is 0 Å². The number of likely N-dealkylation sites (tertiary alicyclic amines) is 1. The molecule has 0 aromatic heterocycles. The summed E-state index contributed by atoms with van der Waals surface area (Å²) >= 11 is 6.33. The number of aliphatic hydroxyl groups excluding tert-OH is 1. The minimum absolute atomic E-state index is 0.0355. The van der Waals surface area contributed by atoms with Crippen molar-refractivity contribution in [1.82, 2.24) is 9.80 Å². The molecule has 3 rings (SSSR count). The number of carbonyl (C=O) groups is 2. The smallest absolute Gasteiger partial charge is 0.295 e. The fraction of sp³-hybridized carbons (Fsp3) is 0.385. The van der Waals surface area contributed by atoms with Gasteiger partial charge in [0.25, 0.3) is 11.7 Å². The summed E-state index contributed by atoms with van der Waals surface area (Å²) in [6, 6.07) is 9.11. The van der Waals surface area contributed by atoms with Crippen molar-refractivity contribution in [3.8, 4) is 17.2 Å². The Morgan fingerprint density at radius 3 is 2.46 bits per heavy atom. The van der Waals surface area contributed by atoms with Gasteiger partial charge in [0.15, 0.2) is 11.5 Å². The second-order valence-electron chi connectivity index (χ2n) is 8.31. The van der Waals surface area contributed by atoms with Crippen LogP contribution >= 0.6 is 11.6 Å². The zero-order valence-corrected chi connectivity index (χ0v) is 21.4. The van der Waals surface area contributed by atoms with Gasteiger partial charge in [0.05, 0.1) is 37.5 Å². The molecule has 1 heterocycles. The van der Waals surface area contributed by atoms with E-state index in [0.717, 1.165) is 6.54 Å². The Bertz CT molecular complexity index is 1130. The summed E-state index contributed by atoms with van der Waals surface area (Å²) < 4.78 is 16.5. The van der Waals surface area contributed by atoms with Gasteiger partial charge in [0.2, 0.25) is 0 Å². The number of carbonyl (C=O) groups excluding carboxylic acids is 2. The van der Waals surface area contributed by atoms with Gasteiger partial charge in [-0.25, -0.2) is 0 Å². The van der Waals surface area contributed by atoms with E-state index in [1.807, 2.05) is 25.9 Å². The maximum Gasteiger partial charge on any atom is 0.295 e. The predicted octanol–water partition coefficient (Wildman–Crippen LogP) is 4.13. The van der Waals surface area contributed by atoms with Gasteiger partial charge < -0.3 is 29.1 Å². The fourth-order valence-corrected chi connectivity index (χ4v) is 4.43. The molecule has 0 bridgehead atoms. The monoisotopic (exact) mass is 502 g/mol. The van der Waals surface area contributed by atoms with Crippen LogP contribution in [0.25, 0.3) is 5.76 Å². The molecule has 9 heteroatoms. The first kappa shape index (κ1) is 26.4. The first-order valence-electron chi connectivity index (χ1n) is 11.3. The van der Waals surface area contributed by atoms with Crippen LogP contribution in [0.1, 0.15) is 30.5 Å². The number of aliphatic hydroxyl groups is 1. The van der Waals surface area contributed by atoms with Gasteiger partial charge >= 0.3 is 0 Å². The number of benzene rings is 2. The number of ketones is 1. The average molecular weight is 503 g/mol. The number of rotatable bonds is 10. The quantitative estimate of drug-likeness (QED) is 0.297. The summed E-state index contributed by atoms with van der Waals surface area (Å²) in [7, 11) is 6.88. The van der Waals surface area contributed by atoms with Crippen LogP contribution in [-0.4, -0.2) is 74.6 Å². The molecule has 1 N–H and O–H groups in total. The molecule has 1 aliphatic rings. The Balaban J connectivity index is 2.19. The highest BCUT2D eigenvalue weighted by atomic mass is 35.5. The summed E-state index contributed by atoms with van der Waals surface area (Å²) in [6.45, 7) is 3.30. The summed E-state index contributed by atoms with van der Waals surface area (Å²) in [4.78, 5) is 29.9. The first-order chi connectivity index (χ1) is 16.7. The summed E-state index contributed by atoms with van der Waals surface area (Å²) in [5.41, 5.74) is 0.803. The Morgan fingerprint density at radius 2 is 1.86 bits per heavy atom. The lowest BCUT2D eigenvalue weighted by Gasteiger charge is -2.27. The van der Waals surface area contributed by atoms with Gasteiger partial charge in [-0.3, -0.25) is 9.59 Å². The van der Waals surface area contributed by atoms with E-state index in [4.69, 9.17) is 25.8 Å². The molecule has 1 unspecified atom stereocenters. The molecule has 0 saturated carbocycles. The van der Waals surface area contributed by atoms with Gasteiger partial charge in [-0.2, -0.15) is 0 Å². The van der Waals surface area contributed by atoms with Crippen LogP contribution in [-0.2, 0) is 9.59 Å².